The minimum atomic E-state index is -1.04. The third-order valence-corrected chi connectivity index (χ3v) is 7.40. The standard InChI is InChI=1S/C30H34N4O4/c1-20-5-3-4-6-26(20)27(18-28(33-38)24-11-14-31-21(2)17-24)22-7-9-25(10-8-22)34-15-12-23(13-16-34)30(37)32-19-29(35)36/h3-11,14,17,23,27-28H,12-13,15-16,18-19H2,1-2H3,(H,32,37)(H,35,36)/t27-,28?/m1/s1. The summed E-state index contributed by atoms with van der Waals surface area (Å²) in [5.41, 5.74) is 6.27. The number of benzene rings is 2. The van der Waals surface area contributed by atoms with Crippen molar-refractivity contribution in [3.8, 4) is 0 Å². The predicted octanol–water partition coefficient (Wildman–Crippen LogP) is 5.15. The minimum absolute atomic E-state index is 0.00918. The summed E-state index contributed by atoms with van der Waals surface area (Å²) < 4.78 is 0. The Morgan fingerprint density at radius 3 is 2.39 bits per heavy atom. The van der Waals surface area contributed by atoms with E-state index in [4.69, 9.17) is 5.11 Å². The zero-order valence-electron chi connectivity index (χ0n) is 21.8. The molecule has 0 radical (unpaired) electrons. The topological polar surface area (TPSA) is 112 Å². The molecule has 8 nitrogen and oxygen atoms in total. The third kappa shape index (κ3) is 6.62. The molecule has 1 amide bonds. The number of pyridine rings is 1. The predicted molar refractivity (Wildman–Crippen MR) is 147 cm³/mol. The van der Waals surface area contributed by atoms with Crippen LogP contribution < -0.4 is 10.2 Å². The molecule has 2 atom stereocenters. The molecule has 3 aromatic rings. The lowest BCUT2D eigenvalue weighted by molar-refractivity contribution is -0.138. The largest absolute Gasteiger partial charge is 0.480 e. The summed E-state index contributed by atoms with van der Waals surface area (Å²) in [6.07, 6.45) is 3.63. The molecule has 2 N–H and O–H groups in total. The first kappa shape index (κ1) is 27.0. The van der Waals surface area contributed by atoms with E-state index in [2.05, 4.69) is 63.7 Å². The molecule has 4 rings (SSSR count). The van der Waals surface area contributed by atoms with Crippen LogP contribution in [0.4, 0.5) is 5.69 Å². The van der Waals surface area contributed by atoms with Gasteiger partial charge in [-0.25, -0.2) is 0 Å². The van der Waals surface area contributed by atoms with E-state index in [0.717, 1.165) is 35.6 Å². The van der Waals surface area contributed by atoms with E-state index >= 15 is 0 Å². The van der Waals surface area contributed by atoms with Crippen LogP contribution in [0.2, 0.25) is 0 Å². The van der Waals surface area contributed by atoms with Gasteiger partial charge in [0.05, 0.1) is 0 Å². The molecular weight excluding hydrogens is 480 g/mol. The molecular formula is C30H34N4O4. The van der Waals surface area contributed by atoms with Gasteiger partial charge >= 0.3 is 5.97 Å². The second-order valence-corrected chi connectivity index (χ2v) is 9.96. The zero-order valence-corrected chi connectivity index (χ0v) is 21.8. The molecule has 1 fully saturated rings. The average Bonchev–Trinajstić information content (AvgIpc) is 2.93. The van der Waals surface area contributed by atoms with Crippen LogP contribution in [0.15, 0.2) is 72.0 Å². The number of carboxylic acid groups (broad SMARTS) is 1. The number of nitrogens with zero attached hydrogens (tertiary/aromatic N) is 3. The minimum Gasteiger partial charge on any atom is -0.480 e. The van der Waals surface area contributed by atoms with Gasteiger partial charge in [-0.1, -0.05) is 41.6 Å². The summed E-state index contributed by atoms with van der Waals surface area (Å²) in [5, 5.41) is 14.8. The summed E-state index contributed by atoms with van der Waals surface area (Å²) in [6, 6.07) is 20.0. The van der Waals surface area contributed by atoms with Gasteiger partial charge in [-0.15, -0.1) is 0 Å². The Morgan fingerprint density at radius 2 is 1.76 bits per heavy atom. The molecule has 1 aliphatic heterocycles. The van der Waals surface area contributed by atoms with E-state index in [-0.39, 0.29) is 24.3 Å². The van der Waals surface area contributed by atoms with Gasteiger partial charge in [-0.3, -0.25) is 14.6 Å². The number of amides is 1. The first-order valence-corrected chi connectivity index (χ1v) is 13.0. The number of carboxylic acids is 1. The number of piperidine rings is 1. The molecule has 2 heterocycles. The molecule has 1 saturated heterocycles. The third-order valence-electron chi connectivity index (χ3n) is 7.40. The normalized spacial score (nSPS) is 15.5. The second kappa shape index (κ2) is 12.4. The highest BCUT2D eigenvalue weighted by Gasteiger charge is 2.27. The molecule has 0 saturated carbocycles. The van der Waals surface area contributed by atoms with Gasteiger partial charge in [0.15, 0.2) is 0 Å². The smallest absolute Gasteiger partial charge is 0.322 e. The van der Waals surface area contributed by atoms with Gasteiger partial charge in [-0.2, -0.15) is 4.91 Å². The van der Waals surface area contributed by atoms with Gasteiger partial charge in [0, 0.05) is 42.5 Å². The van der Waals surface area contributed by atoms with Crippen LogP contribution in [-0.2, 0) is 9.59 Å². The molecule has 1 unspecified atom stereocenters. The number of nitroso groups, excluding NO2 is 1. The van der Waals surface area contributed by atoms with Crippen molar-refractivity contribution in [2.75, 3.05) is 24.5 Å². The number of nitrogens with one attached hydrogen (secondary N) is 1. The number of rotatable bonds is 10. The summed E-state index contributed by atoms with van der Waals surface area (Å²) in [5.74, 6) is -1.40. The van der Waals surface area contributed by atoms with Crippen molar-refractivity contribution in [3.63, 3.8) is 0 Å². The van der Waals surface area contributed by atoms with Crippen molar-refractivity contribution in [1.29, 1.82) is 0 Å². The Hall–Kier alpha value is -4.07. The van der Waals surface area contributed by atoms with Crippen LogP contribution in [0.1, 0.15) is 59.2 Å². The van der Waals surface area contributed by atoms with Gasteiger partial charge in [0.2, 0.25) is 5.91 Å². The Morgan fingerprint density at radius 1 is 1.05 bits per heavy atom. The highest BCUT2D eigenvalue weighted by Crippen LogP contribution is 2.38. The molecule has 8 heteroatoms. The lowest BCUT2D eigenvalue weighted by Gasteiger charge is -2.33. The fourth-order valence-electron chi connectivity index (χ4n) is 5.28. The first-order chi connectivity index (χ1) is 18.4. The van der Waals surface area contributed by atoms with Crippen molar-refractivity contribution in [2.45, 2.75) is 45.1 Å². The van der Waals surface area contributed by atoms with E-state index < -0.39 is 12.0 Å². The maximum absolute atomic E-state index is 12.2. The number of anilines is 1. The van der Waals surface area contributed by atoms with Crippen molar-refractivity contribution < 1.29 is 14.7 Å². The van der Waals surface area contributed by atoms with Crippen molar-refractivity contribution in [2.24, 2.45) is 11.1 Å². The highest BCUT2D eigenvalue weighted by molar-refractivity contribution is 5.83. The maximum atomic E-state index is 12.2. The van der Waals surface area contributed by atoms with E-state index in [0.29, 0.717) is 19.3 Å². The van der Waals surface area contributed by atoms with Crippen LogP contribution in [0, 0.1) is 24.7 Å². The van der Waals surface area contributed by atoms with Crippen molar-refractivity contribution in [1.82, 2.24) is 10.3 Å². The van der Waals surface area contributed by atoms with Crippen molar-refractivity contribution in [3.05, 3.63) is 99.7 Å². The molecule has 198 valence electrons. The summed E-state index contributed by atoms with van der Waals surface area (Å²) >= 11 is 0. The maximum Gasteiger partial charge on any atom is 0.322 e. The summed E-state index contributed by atoms with van der Waals surface area (Å²) in [6.45, 7) is 5.11. The van der Waals surface area contributed by atoms with Gasteiger partial charge in [0.25, 0.3) is 0 Å². The fourth-order valence-corrected chi connectivity index (χ4v) is 5.28. The zero-order chi connectivity index (χ0) is 27.1. The van der Waals surface area contributed by atoms with E-state index in [9.17, 15) is 14.5 Å². The van der Waals surface area contributed by atoms with Crippen LogP contribution in [0.25, 0.3) is 0 Å². The van der Waals surface area contributed by atoms with Crippen LogP contribution in [0.5, 0.6) is 0 Å². The molecule has 1 aliphatic rings. The van der Waals surface area contributed by atoms with Gasteiger partial charge < -0.3 is 15.3 Å². The van der Waals surface area contributed by atoms with Crippen LogP contribution in [0.3, 0.4) is 0 Å². The van der Waals surface area contributed by atoms with Crippen LogP contribution >= 0.6 is 0 Å². The Kier molecular flexibility index (Phi) is 8.84. The number of aryl methyl sites for hydroxylation is 2. The molecule has 38 heavy (non-hydrogen) atoms. The Labute approximate surface area is 223 Å². The van der Waals surface area contributed by atoms with Gasteiger partial charge in [-0.05, 0) is 79.6 Å². The van der Waals surface area contributed by atoms with E-state index in [1.54, 1.807) is 6.20 Å². The first-order valence-electron chi connectivity index (χ1n) is 13.0. The monoisotopic (exact) mass is 514 g/mol. The summed E-state index contributed by atoms with van der Waals surface area (Å²) in [7, 11) is 0. The highest BCUT2D eigenvalue weighted by atomic mass is 16.4. The fraction of sp³-hybridized carbons (Fsp3) is 0.367. The number of hydrogen-bond acceptors (Lipinski definition) is 6. The van der Waals surface area contributed by atoms with Crippen LogP contribution in [-0.4, -0.2) is 41.6 Å². The number of carbonyl (C=O) groups is 2. The quantitative estimate of drug-likeness (QED) is 0.362. The molecule has 0 spiro atoms. The lowest BCUT2D eigenvalue weighted by atomic mass is 9.82. The number of aliphatic carboxylic acids is 1. The summed E-state index contributed by atoms with van der Waals surface area (Å²) in [4.78, 5) is 41.4. The Balaban J connectivity index is 1.51. The Bertz CT molecular complexity index is 1270. The number of hydrogen-bond donors (Lipinski definition) is 2. The average molecular weight is 515 g/mol. The molecule has 0 bridgehead atoms. The number of carbonyl (C=O) groups excluding carboxylic acids is 1. The molecule has 2 aromatic carbocycles. The van der Waals surface area contributed by atoms with E-state index in [1.807, 2.05) is 31.2 Å². The van der Waals surface area contributed by atoms with Gasteiger partial charge in [0.1, 0.15) is 12.6 Å². The van der Waals surface area contributed by atoms with Crippen molar-refractivity contribution >= 4 is 17.6 Å². The molecule has 0 aliphatic carbocycles. The lowest BCUT2D eigenvalue weighted by Crippen LogP contribution is -2.41. The molecule has 1 aromatic heterocycles. The number of aromatic nitrogens is 1. The van der Waals surface area contributed by atoms with E-state index in [1.165, 1.54) is 11.1 Å². The SMILES string of the molecule is Cc1cc(C(C[C@H](c2ccc(N3CCC(C(=O)NCC(=O)O)CC3)cc2)c2ccccc2C)N=O)ccn1. The second-order valence-electron chi connectivity index (χ2n) is 9.96.